The van der Waals surface area contributed by atoms with Crippen LogP contribution in [0.5, 0.6) is 0 Å². The molecule has 0 unspecified atom stereocenters. The third kappa shape index (κ3) is 4.57. The lowest BCUT2D eigenvalue weighted by atomic mass is 10.1. The predicted octanol–water partition coefficient (Wildman–Crippen LogP) is 2.19. The minimum Gasteiger partial charge on any atom is -0.363 e. The van der Waals surface area contributed by atoms with Gasteiger partial charge in [0.25, 0.3) is 5.91 Å². The number of hydrogen-bond acceptors (Lipinski definition) is 5. The topological polar surface area (TPSA) is 82.6 Å². The summed E-state index contributed by atoms with van der Waals surface area (Å²) in [5, 5.41) is -0.635. The van der Waals surface area contributed by atoms with Crippen molar-refractivity contribution >= 4 is 27.4 Å². The first kappa shape index (κ1) is 19.2. The molecule has 3 rings (SSSR count). The maximum atomic E-state index is 12.8. The Morgan fingerprint density at radius 2 is 1.93 bits per heavy atom. The van der Waals surface area contributed by atoms with Crippen LogP contribution in [0, 0.1) is 0 Å². The fraction of sp³-hybridized carbons (Fsp3) is 0.368. The van der Waals surface area contributed by atoms with Gasteiger partial charge < -0.3 is 9.80 Å². The maximum Gasteiger partial charge on any atom is 0.255 e. The number of anilines is 2. The molecule has 2 heterocycles. The second-order valence-corrected chi connectivity index (χ2v) is 8.79. The van der Waals surface area contributed by atoms with Crippen molar-refractivity contribution in [2.45, 2.75) is 18.1 Å². The van der Waals surface area contributed by atoms with E-state index in [2.05, 4.69) is 9.71 Å². The molecule has 2 aromatic rings. The number of nitrogens with zero attached hydrogens (tertiary/aromatic N) is 3. The van der Waals surface area contributed by atoms with E-state index in [0.717, 1.165) is 5.82 Å². The van der Waals surface area contributed by atoms with Crippen LogP contribution in [0.1, 0.15) is 23.2 Å². The normalized spacial score (nSPS) is 17.4. The van der Waals surface area contributed by atoms with Gasteiger partial charge in [-0.25, -0.2) is 13.4 Å². The van der Waals surface area contributed by atoms with Crippen molar-refractivity contribution in [1.82, 2.24) is 9.88 Å². The standard InChI is InChI=1S/C19H24N4O3S/c1-22(2)18-11-10-15(13-20-18)19(24)23-12-6-9-17(14-23)27(25,26)21-16-7-4-3-5-8-16/h3-5,7-8,10-11,13,17,21H,6,9,12,14H2,1-2H3/t17-/m0/s1. The molecule has 144 valence electrons. The quantitative estimate of drug-likeness (QED) is 0.849. The SMILES string of the molecule is CN(C)c1ccc(C(=O)N2CCC[C@H](S(=O)(=O)Nc3ccccc3)C2)cn1. The van der Waals surface area contributed by atoms with Gasteiger partial charge in [-0.15, -0.1) is 0 Å². The minimum atomic E-state index is -3.57. The van der Waals surface area contributed by atoms with Crippen molar-refractivity contribution in [3.63, 3.8) is 0 Å². The van der Waals surface area contributed by atoms with E-state index in [1.807, 2.05) is 25.1 Å². The van der Waals surface area contributed by atoms with E-state index in [1.165, 1.54) is 6.20 Å². The molecule has 7 nitrogen and oxygen atoms in total. The molecule has 1 aliphatic heterocycles. The highest BCUT2D eigenvalue weighted by atomic mass is 32.2. The number of aromatic nitrogens is 1. The summed E-state index contributed by atoms with van der Waals surface area (Å²) in [5.74, 6) is 0.574. The molecular weight excluding hydrogens is 364 g/mol. The number of sulfonamides is 1. The molecule has 0 aliphatic carbocycles. The predicted molar refractivity (Wildman–Crippen MR) is 106 cm³/mol. The lowest BCUT2D eigenvalue weighted by Crippen LogP contribution is -2.46. The van der Waals surface area contributed by atoms with Crippen LogP contribution in [0.25, 0.3) is 0 Å². The number of amides is 1. The summed E-state index contributed by atoms with van der Waals surface area (Å²) < 4.78 is 28.0. The van der Waals surface area contributed by atoms with Gasteiger partial charge in [-0.3, -0.25) is 9.52 Å². The molecule has 1 aliphatic rings. The summed E-state index contributed by atoms with van der Waals surface area (Å²) in [7, 11) is 0.188. The van der Waals surface area contributed by atoms with E-state index in [-0.39, 0.29) is 12.5 Å². The van der Waals surface area contributed by atoms with E-state index < -0.39 is 15.3 Å². The second kappa shape index (κ2) is 7.96. The number of rotatable bonds is 5. The number of nitrogens with one attached hydrogen (secondary N) is 1. The van der Waals surface area contributed by atoms with Crippen molar-refractivity contribution in [3.05, 3.63) is 54.2 Å². The molecule has 8 heteroatoms. The van der Waals surface area contributed by atoms with Gasteiger partial charge in [-0.1, -0.05) is 18.2 Å². The van der Waals surface area contributed by atoms with Gasteiger partial charge in [-0.2, -0.15) is 0 Å². The fourth-order valence-electron chi connectivity index (χ4n) is 3.09. The number of hydrogen-bond donors (Lipinski definition) is 1. The van der Waals surface area contributed by atoms with E-state index >= 15 is 0 Å². The van der Waals surface area contributed by atoms with E-state index in [9.17, 15) is 13.2 Å². The molecule has 0 spiro atoms. The van der Waals surface area contributed by atoms with Crippen LogP contribution >= 0.6 is 0 Å². The van der Waals surface area contributed by atoms with E-state index in [1.54, 1.807) is 41.3 Å². The van der Waals surface area contributed by atoms with Crippen LogP contribution in [-0.2, 0) is 10.0 Å². The number of likely N-dealkylation sites (tertiary alicyclic amines) is 1. The zero-order valence-electron chi connectivity index (χ0n) is 15.5. The molecule has 1 aromatic carbocycles. The van der Waals surface area contributed by atoms with Gasteiger partial charge in [0.1, 0.15) is 5.82 Å². The summed E-state index contributed by atoms with van der Waals surface area (Å²) in [6, 6.07) is 12.3. The fourth-order valence-corrected chi connectivity index (χ4v) is 4.57. The van der Waals surface area contributed by atoms with Gasteiger partial charge in [0.2, 0.25) is 10.0 Å². The van der Waals surface area contributed by atoms with Crippen LogP contribution < -0.4 is 9.62 Å². The lowest BCUT2D eigenvalue weighted by Gasteiger charge is -2.32. The molecule has 1 atom stereocenters. The number of carbonyl (C=O) groups is 1. The minimum absolute atomic E-state index is 0.177. The van der Waals surface area contributed by atoms with Crippen molar-refractivity contribution in [2.24, 2.45) is 0 Å². The van der Waals surface area contributed by atoms with Crippen molar-refractivity contribution in [3.8, 4) is 0 Å². The van der Waals surface area contributed by atoms with Crippen molar-refractivity contribution < 1.29 is 13.2 Å². The summed E-state index contributed by atoms with van der Waals surface area (Å²) in [5.41, 5.74) is 0.999. The Labute approximate surface area is 160 Å². The zero-order chi connectivity index (χ0) is 19.4. The number of para-hydroxylation sites is 1. The molecular formula is C19H24N4O3S. The second-order valence-electron chi connectivity index (χ2n) is 6.83. The van der Waals surface area contributed by atoms with Gasteiger partial charge >= 0.3 is 0 Å². The zero-order valence-corrected chi connectivity index (χ0v) is 16.3. The highest BCUT2D eigenvalue weighted by Crippen LogP contribution is 2.21. The number of pyridine rings is 1. The van der Waals surface area contributed by atoms with Gasteiger partial charge in [0.15, 0.2) is 0 Å². The molecule has 1 fully saturated rings. The van der Waals surface area contributed by atoms with Crippen molar-refractivity contribution in [1.29, 1.82) is 0 Å². The first-order valence-electron chi connectivity index (χ1n) is 8.86. The summed E-state index contributed by atoms with van der Waals surface area (Å²) in [6.45, 7) is 0.724. The van der Waals surface area contributed by atoms with E-state index in [0.29, 0.717) is 30.6 Å². The van der Waals surface area contributed by atoms with Gasteiger partial charge in [-0.05, 0) is 37.1 Å². The summed E-state index contributed by atoms with van der Waals surface area (Å²) in [6.07, 6.45) is 2.72. The Bertz CT molecular complexity index is 883. The largest absolute Gasteiger partial charge is 0.363 e. The van der Waals surface area contributed by atoms with Crippen LogP contribution in [0.15, 0.2) is 48.7 Å². The maximum absolute atomic E-state index is 12.8. The highest BCUT2D eigenvalue weighted by molar-refractivity contribution is 7.93. The number of benzene rings is 1. The van der Waals surface area contributed by atoms with Gasteiger partial charge in [0, 0.05) is 39.1 Å². The Kier molecular flexibility index (Phi) is 5.65. The molecule has 1 N–H and O–H groups in total. The Morgan fingerprint density at radius 3 is 2.56 bits per heavy atom. The van der Waals surface area contributed by atoms with Crippen LogP contribution in [0.4, 0.5) is 11.5 Å². The summed E-state index contributed by atoms with van der Waals surface area (Å²) in [4.78, 5) is 20.5. The average Bonchev–Trinajstić information content (AvgIpc) is 2.68. The number of piperidine rings is 1. The Balaban J connectivity index is 1.70. The smallest absolute Gasteiger partial charge is 0.255 e. The first-order valence-corrected chi connectivity index (χ1v) is 10.4. The lowest BCUT2D eigenvalue weighted by molar-refractivity contribution is 0.0726. The molecule has 1 amide bonds. The van der Waals surface area contributed by atoms with Gasteiger partial charge in [0.05, 0.1) is 10.8 Å². The van der Waals surface area contributed by atoms with E-state index in [4.69, 9.17) is 0 Å². The molecule has 27 heavy (non-hydrogen) atoms. The van der Waals surface area contributed by atoms with Crippen LogP contribution in [-0.4, -0.2) is 56.6 Å². The highest BCUT2D eigenvalue weighted by Gasteiger charge is 2.33. The third-order valence-electron chi connectivity index (χ3n) is 4.59. The molecule has 0 radical (unpaired) electrons. The van der Waals surface area contributed by atoms with Crippen molar-refractivity contribution in [2.75, 3.05) is 36.8 Å². The average molecular weight is 388 g/mol. The molecule has 1 aromatic heterocycles. The molecule has 0 bridgehead atoms. The summed E-state index contributed by atoms with van der Waals surface area (Å²) >= 11 is 0. The monoisotopic (exact) mass is 388 g/mol. The third-order valence-corrected chi connectivity index (χ3v) is 6.37. The Hall–Kier alpha value is -2.61. The molecule has 1 saturated heterocycles. The Morgan fingerprint density at radius 1 is 1.19 bits per heavy atom. The molecule has 0 saturated carbocycles. The first-order chi connectivity index (χ1) is 12.9. The number of carbonyl (C=O) groups excluding carboxylic acids is 1. The van der Waals surface area contributed by atoms with Crippen LogP contribution in [0.2, 0.25) is 0 Å². The van der Waals surface area contributed by atoms with Crippen LogP contribution in [0.3, 0.4) is 0 Å².